The molecule has 4 aromatic heterocycles. The van der Waals surface area contributed by atoms with Gasteiger partial charge in [0.05, 0.1) is 45.3 Å². The second-order valence-corrected chi connectivity index (χ2v) is 7.87. The highest BCUT2D eigenvalue weighted by atomic mass is 35.5. The smallest absolute Gasteiger partial charge is 0.356 e. The number of nitrogens with zero attached hydrogens (tertiary/aromatic N) is 4. The van der Waals surface area contributed by atoms with E-state index >= 15 is 0 Å². The predicted molar refractivity (Wildman–Crippen MR) is 127 cm³/mol. The van der Waals surface area contributed by atoms with Crippen LogP contribution < -0.4 is 0 Å². The molecule has 0 spiro atoms. The van der Waals surface area contributed by atoms with Gasteiger partial charge in [0.15, 0.2) is 11.4 Å². The fourth-order valence-corrected chi connectivity index (χ4v) is 3.70. The highest BCUT2D eigenvalue weighted by molar-refractivity contribution is 6.34. The number of halogens is 2. The lowest BCUT2D eigenvalue weighted by molar-refractivity contribution is 0.0680. The van der Waals surface area contributed by atoms with Gasteiger partial charge in [0.2, 0.25) is 0 Å². The molecular weight excluding hydrogens is 487 g/mol. The third-order valence-electron chi connectivity index (χ3n) is 4.89. The first-order chi connectivity index (χ1) is 16.3. The van der Waals surface area contributed by atoms with E-state index in [9.17, 15) is 9.59 Å². The number of hydrogen-bond acceptors (Lipinski definition) is 6. The second kappa shape index (κ2) is 11.3. The summed E-state index contributed by atoms with van der Waals surface area (Å²) in [5, 5.41) is 18.1. The van der Waals surface area contributed by atoms with Gasteiger partial charge in [-0.25, -0.2) is 19.6 Å². The van der Waals surface area contributed by atoms with Crippen LogP contribution in [0.4, 0.5) is 0 Å². The summed E-state index contributed by atoms with van der Waals surface area (Å²) in [6.45, 7) is 2.49. The predicted octanol–water partition coefficient (Wildman–Crippen LogP) is 4.07. The van der Waals surface area contributed by atoms with Crippen LogP contribution in [0.25, 0.3) is 22.1 Å². The van der Waals surface area contributed by atoms with Gasteiger partial charge in [-0.2, -0.15) is 0 Å². The van der Waals surface area contributed by atoms with Crippen molar-refractivity contribution in [2.45, 2.75) is 13.1 Å². The average Bonchev–Trinajstić information content (AvgIpc) is 3.38. The van der Waals surface area contributed by atoms with E-state index in [0.29, 0.717) is 37.3 Å². The molecule has 0 atom stereocenters. The summed E-state index contributed by atoms with van der Waals surface area (Å²) >= 11 is 11.7. The molecule has 180 valence electrons. The topological polar surface area (TPSA) is 129 Å². The summed E-state index contributed by atoms with van der Waals surface area (Å²) in [4.78, 5) is 29.8. The summed E-state index contributed by atoms with van der Waals surface area (Å²) < 4.78 is 13.8. The van der Waals surface area contributed by atoms with Crippen molar-refractivity contribution in [3.05, 3.63) is 58.1 Å². The highest BCUT2D eigenvalue weighted by Crippen LogP contribution is 2.23. The van der Waals surface area contributed by atoms with E-state index in [2.05, 4.69) is 9.97 Å². The number of pyridine rings is 2. The van der Waals surface area contributed by atoms with Crippen LogP contribution in [0, 0.1) is 0 Å². The molecule has 34 heavy (non-hydrogen) atoms. The van der Waals surface area contributed by atoms with E-state index in [1.807, 2.05) is 21.5 Å². The first-order valence-electron chi connectivity index (χ1n) is 10.0. The average molecular weight is 509 g/mol. The fraction of sp³-hybridized carbons (Fsp3) is 0.273. The molecule has 0 aromatic carbocycles. The largest absolute Gasteiger partial charge is 0.476 e. The maximum Gasteiger partial charge on any atom is 0.356 e. The number of carbonyl (C=O) groups is 2. The number of methoxy groups -OCH3 is 2. The number of aromatic nitrogens is 4. The van der Waals surface area contributed by atoms with E-state index < -0.39 is 11.9 Å². The third-order valence-corrected chi connectivity index (χ3v) is 5.47. The molecule has 4 rings (SSSR count). The molecule has 0 saturated carbocycles. The molecule has 0 saturated heterocycles. The lowest BCUT2D eigenvalue weighted by Gasteiger charge is -2.05. The molecule has 10 nitrogen and oxygen atoms in total. The molecule has 0 bridgehead atoms. The van der Waals surface area contributed by atoms with Crippen LogP contribution in [-0.2, 0) is 22.6 Å². The minimum Gasteiger partial charge on any atom is -0.476 e. The van der Waals surface area contributed by atoms with Crippen LogP contribution in [0.15, 0.2) is 36.7 Å². The number of fused-ring (bicyclic) bond motifs is 2. The Morgan fingerprint density at radius 1 is 0.824 bits per heavy atom. The Morgan fingerprint density at radius 3 is 1.53 bits per heavy atom. The van der Waals surface area contributed by atoms with Crippen molar-refractivity contribution in [2.75, 3.05) is 27.4 Å². The summed E-state index contributed by atoms with van der Waals surface area (Å²) in [5.41, 5.74) is 2.59. The van der Waals surface area contributed by atoms with Crippen LogP contribution in [0.1, 0.15) is 21.0 Å². The van der Waals surface area contributed by atoms with E-state index in [0.717, 1.165) is 11.0 Å². The Labute approximate surface area is 204 Å². The summed E-state index contributed by atoms with van der Waals surface area (Å²) in [7, 11) is 3.25. The molecular formula is C22H22Cl2N4O6. The van der Waals surface area contributed by atoms with Gasteiger partial charge >= 0.3 is 11.9 Å². The zero-order valence-corrected chi connectivity index (χ0v) is 19.9. The standard InChI is InChI=1S/2C11H11ClN2O3/c2*1-17-5-4-14-3-2-8-9(14)6-7(12)10(13-8)11(15)16/h2*2-3,6H,4-5H2,1H3,(H,15,16). The Hall–Kier alpha value is -3.18. The number of aromatic carboxylic acids is 2. The van der Waals surface area contributed by atoms with Crippen molar-refractivity contribution < 1.29 is 29.3 Å². The van der Waals surface area contributed by atoms with E-state index in [4.69, 9.17) is 42.9 Å². The van der Waals surface area contributed by atoms with Crippen LogP contribution in [-0.4, -0.2) is 68.7 Å². The van der Waals surface area contributed by atoms with Gasteiger partial charge in [-0.1, -0.05) is 23.2 Å². The van der Waals surface area contributed by atoms with Crippen molar-refractivity contribution in [1.29, 1.82) is 0 Å². The van der Waals surface area contributed by atoms with Gasteiger partial charge < -0.3 is 28.8 Å². The first kappa shape index (κ1) is 25.4. The molecule has 4 heterocycles. The number of carboxylic acid groups (broad SMARTS) is 2. The number of ether oxygens (including phenoxy) is 2. The van der Waals surface area contributed by atoms with E-state index in [1.165, 1.54) is 0 Å². The Balaban J connectivity index is 0.000000191. The molecule has 0 aliphatic rings. The minimum absolute atomic E-state index is 0.122. The summed E-state index contributed by atoms with van der Waals surface area (Å²) in [5.74, 6) is -2.25. The molecule has 0 radical (unpaired) electrons. The first-order valence-corrected chi connectivity index (χ1v) is 10.8. The molecule has 0 amide bonds. The van der Waals surface area contributed by atoms with Crippen LogP contribution in [0.2, 0.25) is 10.0 Å². The molecule has 4 aromatic rings. The second-order valence-electron chi connectivity index (χ2n) is 7.06. The number of carboxylic acids is 2. The molecule has 2 N–H and O–H groups in total. The maximum atomic E-state index is 10.9. The molecule has 0 aliphatic carbocycles. The van der Waals surface area contributed by atoms with Crippen LogP contribution in [0.3, 0.4) is 0 Å². The lowest BCUT2D eigenvalue weighted by Crippen LogP contribution is -2.04. The molecule has 12 heteroatoms. The van der Waals surface area contributed by atoms with E-state index in [1.54, 1.807) is 38.5 Å². The maximum absolute atomic E-state index is 10.9. The van der Waals surface area contributed by atoms with Gasteiger partial charge in [-0.15, -0.1) is 0 Å². The molecule has 0 fully saturated rings. The lowest BCUT2D eigenvalue weighted by atomic mass is 10.3. The van der Waals surface area contributed by atoms with Gasteiger partial charge in [0.1, 0.15) is 0 Å². The minimum atomic E-state index is -1.12. The van der Waals surface area contributed by atoms with Crippen molar-refractivity contribution in [2.24, 2.45) is 0 Å². The Bertz CT molecular complexity index is 1230. The highest BCUT2D eigenvalue weighted by Gasteiger charge is 2.15. The Kier molecular flexibility index (Phi) is 8.46. The zero-order chi connectivity index (χ0) is 24.8. The van der Waals surface area contributed by atoms with Crippen molar-refractivity contribution in [1.82, 2.24) is 19.1 Å². The monoisotopic (exact) mass is 508 g/mol. The van der Waals surface area contributed by atoms with Crippen molar-refractivity contribution in [3.63, 3.8) is 0 Å². The van der Waals surface area contributed by atoms with Crippen molar-refractivity contribution in [3.8, 4) is 0 Å². The number of hydrogen-bond donors (Lipinski definition) is 2. The number of rotatable bonds is 8. The SMILES string of the molecule is COCCn1ccc2nc(C(=O)O)c(Cl)cc21.COCCn1ccc2nc(C(=O)O)c(Cl)cc21. The van der Waals surface area contributed by atoms with E-state index in [-0.39, 0.29) is 21.4 Å². The summed E-state index contributed by atoms with van der Waals surface area (Å²) in [6.07, 6.45) is 3.66. The Morgan fingerprint density at radius 2 is 1.21 bits per heavy atom. The van der Waals surface area contributed by atoms with Gasteiger partial charge in [0.25, 0.3) is 0 Å². The van der Waals surface area contributed by atoms with Gasteiger partial charge in [-0.3, -0.25) is 0 Å². The van der Waals surface area contributed by atoms with Gasteiger partial charge in [-0.05, 0) is 24.3 Å². The van der Waals surface area contributed by atoms with Crippen LogP contribution in [0.5, 0.6) is 0 Å². The summed E-state index contributed by atoms with van der Waals surface area (Å²) in [6, 6.07) is 6.74. The molecule has 0 unspecified atom stereocenters. The quantitative estimate of drug-likeness (QED) is 0.364. The normalized spacial score (nSPS) is 10.9. The fourth-order valence-electron chi connectivity index (χ4n) is 3.24. The molecule has 0 aliphatic heterocycles. The van der Waals surface area contributed by atoms with Crippen LogP contribution >= 0.6 is 23.2 Å². The third kappa shape index (κ3) is 5.65. The van der Waals surface area contributed by atoms with Gasteiger partial charge in [0, 0.05) is 39.7 Å². The van der Waals surface area contributed by atoms with Crippen molar-refractivity contribution >= 4 is 57.2 Å². The zero-order valence-electron chi connectivity index (χ0n) is 18.4.